The van der Waals surface area contributed by atoms with Crippen molar-refractivity contribution in [1.29, 1.82) is 0 Å². The molecule has 0 aliphatic rings. The van der Waals surface area contributed by atoms with E-state index in [4.69, 9.17) is 0 Å². The van der Waals surface area contributed by atoms with Gasteiger partial charge in [-0.15, -0.1) is 11.3 Å². The van der Waals surface area contributed by atoms with E-state index in [1.807, 2.05) is 13.0 Å². The van der Waals surface area contributed by atoms with Crippen molar-refractivity contribution in [2.24, 2.45) is 0 Å². The third kappa shape index (κ3) is 3.07. The number of hydrogen-bond acceptors (Lipinski definition) is 2. The molecule has 0 amide bonds. The molecule has 0 fully saturated rings. The molecular weight excluding hydrogens is 301 g/mol. The monoisotopic (exact) mass is 313 g/mol. The molecule has 1 aromatic carbocycles. The van der Waals surface area contributed by atoms with Crippen molar-refractivity contribution >= 4 is 33.0 Å². The Balaban J connectivity index is 2.18. The van der Waals surface area contributed by atoms with Gasteiger partial charge < -0.3 is 5.32 Å². The van der Waals surface area contributed by atoms with Crippen LogP contribution in [-0.2, 0) is 0 Å². The fourth-order valence-corrected chi connectivity index (χ4v) is 3.04. The van der Waals surface area contributed by atoms with Crippen LogP contribution < -0.4 is 5.32 Å². The molecule has 0 bridgehead atoms. The fourth-order valence-electron chi connectivity index (χ4n) is 1.62. The molecule has 4 heteroatoms. The van der Waals surface area contributed by atoms with Gasteiger partial charge in [-0.1, -0.05) is 6.07 Å². The first-order chi connectivity index (χ1) is 8.06. The first-order valence-electron chi connectivity index (χ1n) is 5.34. The molecule has 1 nitrogen and oxygen atoms in total. The second-order valence-electron chi connectivity index (χ2n) is 3.97. The summed E-state index contributed by atoms with van der Waals surface area (Å²) in [4.78, 5) is 1.22. The molecule has 90 valence electrons. The second kappa shape index (κ2) is 5.19. The maximum Gasteiger partial charge on any atom is 0.125 e. The molecule has 17 heavy (non-hydrogen) atoms. The molecule has 0 saturated heterocycles. The van der Waals surface area contributed by atoms with Crippen molar-refractivity contribution in [1.82, 2.24) is 0 Å². The molecular formula is C13H13BrFNS. The SMILES string of the molecule is Cc1ccc(F)cc1NC(C)c1ccc(Br)s1. The molecule has 1 atom stereocenters. The highest BCUT2D eigenvalue weighted by Gasteiger charge is 2.09. The lowest BCUT2D eigenvalue weighted by Crippen LogP contribution is -2.06. The van der Waals surface area contributed by atoms with Crippen LogP contribution in [0.3, 0.4) is 0 Å². The molecule has 2 rings (SSSR count). The van der Waals surface area contributed by atoms with E-state index in [-0.39, 0.29) is 11.9 Å². The predicted molar refractivity (Wildman–Crippen MR) is 75.2 cm³/mol. The standard InChI is InChI=1S/C13H13BrFNS/c1-8-3-4-10(15)7-11(8)16-9(2)12-5-6-13(14)17-12/h3-7,9,16H,1-2H3. The van der Waals surface area contributed by atoms with E-state index in [2.05, 4.69) is 34.2 Å². The summed E-state index contributed by atoms with van der Waals surface area (Å²) >= 11 is 5.13. The number of anilines is 1. The van der Waals surface area contributed by atoms with Gasteiger partial charge in [0, 0.05) is 10.6 Å². The summed E-state index contributed by atoms with van der Waals surface area (Å²) in [5.74, 6) is -0.210. The topological polar surface area (TPSA) is 12.0 Å². The van der Waals surface area contributed by atoms with Gasteiger partial charge in [-0.05, 0) is 59.6 Å². The van der Waals surface area contributed by atoms with Gasteiger partial charge in [-0.25, -0.2) is 4.39 Å². The molecule has 0 radical (unpaired) electrons. The molecule has 0 aliphatic carbocycles. The van der Waals surface area contributed by atoms with Crippen LogP contribution in [0.5, 0.6) is 0 Å². The van der Waals surface area contributed by atoms with Gasteiger partial charge in [0.25, 0.3) is 0 Å². The number of aryl methyl sites for hydroxylation is 1. The van der Waals surface area contributed by atoms with E-state index >= 15 is 0 Å². The van der Waals surface area contributed by atoms with Crippen LogP contribution in [0.4, 0.5) is 10.1 Å². The zero-order valence-corrected chi connectivity index (χ0v) is 12.0. The summed E-state index contributed by atoms with van der Waals surface area (Å²) in [5, 5.41) is 3.33. The summed E-state index contributed by atoms with van der Waals surface area (Å²) in [6.45, 7) is 4.04. The molecule has 0 spiro atoms. The number of benzene rings is 1. The summed E-state index contributed by atoms with van der Waals surface area (Å²) < 4.78 is 14.3. The van der Waals surface area contributed by atoms with Gasteiger partial charge in [0.05, 0.1) is 9.83 Å². The first kappa shape index (κ1) is 12.6. The van der Waals surface area contributed by atoms with Crippen molar-refractivity contribution in [2.75, 3.05) is 5.32 Å². The molecule has 1 aromatic heterocycles. The molecule has 1 N–H and O–H groups in total. The Bertz CT molecular complexity index is 524. The van der Waals surface area contributed by atoms with E-state index in [1.54, 1.807) is 17.4 Å². The van der Waals surface area contributed by atoms with Gasteiger partial charge in [-0.2, -0.15) is 0 Å². The van der Waals surface area contributed by atoms with Crippen molar-refractivity contribution < 1.29 is 4.39 Å². The average molecular weight is 314 g/mol. The maximum absolute atomic E-state index is 13.2. The summed E-state index contributed by atoms with van der Waals surface area (Å²) in [7, 11) is 0. The van der Waals surface area contributed by atoms with Crippen LogP contribution in [0.15, 0.2) is 34.1 Å². The minimum Gasteiger partial charge on any atom is -0.377 e. The Morgan fingerprint density at radius 1 is 1.29 bits per heavy atom. The van der Waals surface area contributed by atoms with Crippen molar-refractivity contribution in [2.45, 2.75) is 19.9 Å². The Morgan fingerprint density at radius 2 is 2.06 bits per heavy atom. The van der Waals surface area contributed by atoms with Gasteiger partial charge in [0.1, 0.15) is 5.82 Å². The lowest BCUT2D eigenvalue weighted by Gasteiger charge is -2.15. The lowest BCUT2D eigenvalue weighted by atomic mass is 10.1. The molecule has 1 unspecified atom stereocenters. The summed E-state index contributed by atoms with van der Waals surface area (Å²) in [6.07, 6.45) is 0. The lowest BCUT2D eigenvalue weighted by molar-refractivity contribution is 0.627. The fraction of sp³-hybridized carbons (Fsp3) is 0.231. The van der Waals surface area contributed by atoms with Crippen molar-refractivity contribution in [3.05, 3.63) is 50.4 Å². The molecule has 2 aromatic rings. The van der Waals surface area contributed by atoms with Crippen LogP contribution in [0.2, 0.25) is 0 Å². The van der Waals surface area contributed by atoms with Crippen molar-refractivity contribution in [3.8, 4) is 0 Å². The van der Waals surface area contributed by atoms with E-state index in [1.165, 1.54) is 17.0 Å². The molecule has 0 aliphatic heterocycles. The zero-order valence-electron chi connectivity index (χ0n) is 9.63. The van der Waals surface area contributed by atoms with Crippen LogP contribution in [0.1, 0.15) is 23.4 Å². The summed E-state index contributed by atoms with van der Waals surface area (Å²) in [5.41, 5.74) is 1.90. The van der Waals surface area contributed by atoms with Crippen LogP contribution in [-0.4, -0.2) is 0 Å². The predicted octanol–water partition coefficient (Wildman–Crippen LogP) is 5.13. The van der Waals surface area contributed by atoms with E-state index < -0.39 is 0 Å². The average Bonchev–Trinajstić information content (AvgIpc) is 2.70. The zero-order chi connectivity index (χ0) is 12.4. The number of thiophene rings is 1. The minimum absolute atomic E-state index is 0.173. The van der Waals surface area contributed by atoms with Gasteiger partial charge >= 0.3 is 0 Å². The van der Waals surface area contributed by atoms with Crippen LogP contribution in [0, 0.1) is 12.7 Å². The number of halogens is 2. The number of nitrogens with one attached hydrogen (secondary N) is 1. The largest absolute Gasteiger partial charge is 0.377 e. The van der Waals surface area contributed by atoms with Crippen molar-refractivity contribution in [3.63, 3.8) is 0 Å². The highest BCUT2D eigenvalue weighted by Crippen LogP contribution is 2.30. The minimum atomic E-state index is -0.210. The Labute approximate surface area is 113 Å². The van der Waals surface area contributed by atoms with Gasteiger partial charge in [-0.3, -0.25) is 0 Å². The quantitative estimate of drug-likeness (QED) is 0.828. The smallest absolute Gasteiger partial charge is 0.125 e. The van der Waals surface area contributed by atoms with Crippen LogP contribution >= 0.6 is 27.3 Å². The van der Waals surface area contributed by atoms with Gasteiger partial charge in [0.2, 0.25) is 0 Å². The van der Waals surface area contributed by atoms with E-state index in [9.17, 15) is 4.39 Å². The highest BCUT2D eigenvalue weighted by atomic mass is 79.9. The highest BCUT2D eigenvalue weighted by molar-refractivity contribution is 9.11. The van der Waals surface area contributed by atoms with Gasteiger partial charge in [0.15, 0.2) is 0 Å². The second-order valence-corrected chi connectivity index (χ2v) is 6.46. The number of hydrogen-bond donors (Lipinski definition) is 1. The Hall–Kier alpha value is -0.870. The Morgan fingerprint density at radius 3 is 2.71 bits per heavy atom. The summed E-state index contributed by atoms with van der Waals surface area (Å²) in [6, 6.07) is 9.07. The van der Waals surface area contributed by atoms with Crippen LogP contribution in [0.25, 0.3) is 0 Å². The maximum atomic E-state index is 13.2. The first-order valence-corrected chi connectivity index (χ1v) is 6.95. The van der Waals surface area contributed by atoms with E-state index in [0.717, 1.165) is 15.0 Å². The Kier molecular flexibility index (Phi) is 3.84. The molecule has 0 saturated carbocycles. The number of rotatable bonds is 3. The molecule has 1 heterocycles. The normalized spacial score (nSPS) is 12.5. The van der Waals surface area contributed by atoms with E-state index in [0.29, 0.717) is 0 Å². The third-order valence-corrected chi connectivity index (χ3v) is 4.40. The third-order valence-electron chi connectivity index (χ3n) is 2.59.